The molecule has 2 amide bonds. The fourth-order valence-electron chi connectivity index (χ4n) is 3.14. The van der Waals surface area contributed by atoms with E-state index in [1.165, 1.54) is 25.7 Å². The molecule has 2 rings (SSSR count). The quantitative estimate of drug-likeness (QED) is 0.732. The lowest BCUT2D eigenvalue weighted by molar-refractivity contribution is -0.146. The van der Waals surface area contributed by atoms with Gasteiger partial charge in [0, 0.05) is 32.7 Å². The maximum absolute atomic E-state index is 12.0. The maximum atomic E-state index is 12.0. The molecule has 0 aromatic rings. The monoisotopic (exact) mass is 267 g/mol. The largest absolute Gasteiger partial charge is 0.347 e. The number of nitrogens with zero attached hydrogens (tertiary/aromatic N) is 1. The van der Waals surface area contributed by atoms with Crippen LogP contribution in [0, 0.1) is 5.41 Å². The Morgan fingerprint density at radius 2 is 1.84 bits per heavy atom. The Hall–Kier alpha value is -1.10. The predicted octanol–water partition coefficient (Wildman–Crippen LogP) is 0.505. The molecule has 108 valence electrons. The Morgan fingerprint density at radius 3 is 2.42 bits per heavy atom. The normalized spacial score (nSPS) is 22.3. The topological polar surface area (TPSA) is 61.4 Å². The molecular formula is C14H25N3O2. The van der Waals surface area contributed by atoms with Crippen molar-refractivity contribution in [2.24, 2.45) is 5.41 Å². The van der Waals surface area contributed by atoms with E-state index in [4.69, 9.17) is 0 Å². The summed E-state index contributed by atoms with van der Waals surface area (Å²) in [7, 11) is 0. The van der Waals surface area contributed by atoms with Crippen LogP contribution in [0.15, 0.2) is 0 Å². The highest BCUT2D eigenvalue weighted by molar-refractivity contribution is 6.35. The minimum absolute atomic E-state index is 0.236. The Morgan fingerprint density at radius 1 is 1.21 bits per heavy atom. The molecule has 0 aromatic carbocycles. The molecule has 1 aliphatic heterocycles. The smallest absolute Gasteiger partial charge is 0.311 e. The van der Waals surface area contributed by atoms with Crippen LogP contribution in [0.4, 0.5) is 0 Å². The van der Waals surface area contributed by atoms with E-state index in [-0.39, 0.29) is 11.3 Å². The molecule has 0 aromatic heterocycles. The highest BCUT2D eigenvalue weighted by Crippen LogP contribution is 2.40. The second-order valence-corrected chi connectivity index (χ2v) is 5.79. The molecule has 5 nitrogen and oxygen atoms in total. The van der Waals surface area contributed by atoms with Gasteiger partial charge in [0.15, 0.2) is 0 Å². The summed E-state index contributed by atoms with van der Waals surface area (Å²) >= 11 is 0. The molecule has 0 unspecified atom stereocenters. The van der Waals surface area contributed by atoms with Gasteiger partial charge in [-0.2, -0.15) is 0 Å². The van der Waals surface area contributed by atoms with E-state index in [0.29, 0.717) is 19.6 Å². The molecule has 2 aliphatic rings. The molecule has 1 saturated heterocycles. The Kier molecular flexibility index (Phi) is 4.80. The summed E-state index contributed by atoms with van der Waals surface area (Å²) < 4.78 is 0. The van der Waals surface area contributed by atoms with Crippen LogP contribution in [0.3, 0.4) is 0 Å². The maximum Gasteiger partial charge on any atom is 0.311 e. The van der Waals surface area contributed by atoms with Gasteiger partial charge in [0.1, 0.15) is 0 Å². The second-order valence-electron chi connectivity index (χ2n) is 5.79. The zero-order valence-corrected chi connectivity index (χ0v) is 11.8. The third-order valence-corrected chi connectivity index (χ3v) is 4.64. The van der Waals surface area contributed by atoms with Gasteiger partial charge in [0.2, 0.25) is 0 Å². The molecule has 0 bridgehead atoms. The van der Waals surface area contributed by atoms with Gasteiger partial charge in [-0.05, 0) is 24.7 Å². The average molecular weight is 267 g/mol. The van der Waals surface area contributed by atoms with E-state index >= 15 is 0 Å². The van der Waals surface area contributed by atoms with Crippen molar-refractivity contribution < 1.29 is 9.59 Å². The van der Waals surface area contributed by atoms with Crippen molar-refractivity contribution >= 4 is 11.8 Å². The van der Waals surface area contributed by atoms with Gasteiger partial charge in [0.25, 0.3) is 0 Å². The summed E-state index contributed by atoms with van der Waals surface area (Å²) in [5.41, 5.74) is 0.236. The van der Waals surface area contributed by atoms with Crippen LogP contribution in [0.25, 0.3) is 0 Å². The Balaban J connectivity index is 1.81. The highest BCUT2D eigenvalue weighted by Gasteiger charge is 2.33. The Labute approximate surface area is 115 Å². The van der Waals surface area contributed by atoms with Crippen molar-refractivity contribution in [1.82, 2.24) is 15.5 Å². The molecular weight excluding hydrogens is 242 g/mol. The van der Waals surface area contributed by atoms with Gasteiger partial charge in [-0.3, -0.25) is 9.59 Å². The molecule has 1 saturated carbocycles. The third-order valence-electron chi connectivity index (χ3n) is 4.64. The molecule has 0 spiro atoms. The Bertz CT molecular complexity index is 332. The minimum atomic E-state index is -0.429. The van der Waals surface area contributed by atoms with E-state index in [1.807, 2.05) is 0 Å². The van der Waals surface area contributed by atoms with E-state index in [0.717, 1.165) is 19.5 Å². The lowest BCUT2D eigenvalue weighted by atomic mass is 9.83. The predicted molar refractivity (Wildman–Crippen MR) is 73.7 cm³/mol. The van der Waals surface area contributed by atoms with Gasteiger partial charge in [-0.1, -0.05) is 19.8 Å². The van der Waals surface area contributed by atoms with Crippen molar-refractivity contribution in [2.45, 2.75) is 39.0 Å². The highest BCUT2D eigenvalue weighted by atomic mass is 16.2. The van der Waals surface area contributed by atoms with Gasteiger partial charge < -0.3 is 15.5 Å². The van der Waals surface area contributed by atoms with Crippen LogP contribution in [0.1, 0.15) is 39.0 Å². The first-order valence-corrected chi connectivity index (χ1v) is 7.45. The zero-order chi connectivity index (χ0) is 13.7. The fraction of sp³-hybridized carbons (Fsp3) is 0.857. The molecule has 1 aliphatic carbocycles. The minimum Gasteiger partial charge on any atom is -0.347 e. The third kappa shape index (κ3) is 3.47. The molecule has 19 heavy (non-hydrogen) atoms. The number of hydrogen-bond acceptors (Lipinski definition) is 3. The number of carbonyl (C=O) groups is 2. The summed E-state index contributed by atoms with van der Waals surface area (Å²) in [5.74, 6) is -0.799. The average Bonchev–Trinajstić information content (AvgIpc) is 2.94. The van der Waals surface area contributed by atoms with Gasteiger partial charge >= 0.3 is 11.8 Å². The number of rotatable bonds is 3. The summed E-state index contributed by atoms with van der Waals surface area (Å²) in [6.07, 6.45) is 5.91. The zero-order valence-electron chi connectivity index (χ0n) is 11.8. The van der Waals surface area contributed by atoms with Crippen LogP contribution < -0.4 is 10.6 Å². The van der Waals surface area contributed by atoms with Crippen molar-refractivity contribution in [3.05, 3.63) is 0 Å². The first-order valence-electron chi connectivity index (χ1n) is 7.45. The van der Waals surface area contributed by atoms with E-state index in [2.05, 4.69) is 17.6 Å². The lowest BCUT2D eigenvalue weighted by Crippen LogP contribution is -2.52. The van der Waals surface area contributed by atoms with Crippen molar-refractivity contribution in [3.8, 4) is 0 Å². The van der Waals surface area contributed by atoms with Crippen molar-refractivity contribution in [3.63, 3.8) is 0 Å². The SMILES string of the molecule is CCC1(CNC(=O)C(=O)N2CCNCC2)CCCC1. The second kappa shape index (κ2) is 6.37. The number of nitrogens with one attached hydrogen (secondary N) is 2. The van der Waals surface area contributed by atoms with E-state index in [9.17, 15) is 9.59 Å². The number of hydrogen-bond donors (Lipinski definition) is 2. The summed E-state index contributed by atoms with van der Waals surface area (Å²) in [4.78, 5) is 25.6. The summed E-state index contributed by atoms with van der Waals surface area (Å²) in [6, 6.07) is 0. The van der Waals surface area contributed by atoms with Gasteiger partial charge in [0.05, 0.1) is 0 Å². The van der Waals surface area contributed by atoms with Crippen LogP contribution >= 0.6 is 0 Å². The van der Waals surface area contributed by atoms with Gasteiger partial charge in [-0.15, -0.1) is 0 Å². The molecule has 1 heterocycles. The number of carbonyl (C=O) groups excluding carboxylic acids is 2. The molecule has 2 fully saturated rings. The number of amides is 2. The van der Waals surface area contributed by atoms with E-state index in [1.54, 1.807) is 4.90 Å². The summed E-state index contributed by atoms with van der Waals surface area (Å²) in [6.45, 7) is 5.64. The van der Waals surface area contributed by atoms with Gasteiger partial charge in [-0.25, -0.2) is 0 Å². The molecule has 5 heteroatoms. The first kappa shape index (κ1) is 14.3. The van der Waals surface area contributed by atoms with E-state index < -0.39 is 5.91 Å². The lowest BCUT2D eigenvalue weighted by Gasteiger charge is -2.29. The standard InChI is InChI=1S/C14H25N3O2/c1-2-14(5-3-4-6-14)11-16-12(18)13(19)17-9-7-15-8-10-17/h15H,2-11H2,1H3,(H,16,18). The van der Waals surface area contributed by atoms with Crippen LogP contribution in [-0.2, 0) is 9.59 Å². The van der Waals surface area contributed by atoms with Crippen LogP contribution in [0.2, 0.25) is 0 Å². The van der Waals surface area contributed by atoms with Crippen LogP contribution in [0.5, 0.6) is 0 Å². The van der Waals surface area contributed by atoms with Crippen molar-refractivity contribution in [2.75, 3.05) is 32.7 Å². The summed E-state index contributed by atoms with van der Waals surface area (Å²) in [5, 5.41) is 6.04. The molecule has 0 radical (unpaired) electrons. The molecule has 0 atom stereocenters. The van der Waals surface area contributed by atoms with Crippen molar-refractivity contribution in [1.29, 1.82) is 0 Å². The first-order chi connectivity index (χ1) is 9.17. The van der Waals surface area contributed by atoms with Crippen LogP contribution in [-0.4, -0.2) is 49.4 Å². The number of piperazine rings is 1. The molecule has 2 N–H and O–H groups in total. The fourth-order valence-corrected chi connectivity index (χ4v) is 3.14.